The van der Waals surface area contributed by atoms with Crippen LogP contribution in [-0.4, -0.2) is 19.0 Å². The second-order valence-electron chi connectivity index (χ2n) is 4.92. The van der Waals surface area contributed by atoms with Crippen molar-refractivity contribution in [1.82, 2.24) is 5.32 Å². The van der Waals surface area contributed by atoms with E-state index in [0.29, 0.717) is 6.54 Å². The van der Waals surface area contributed by atoms with Crippen molar-refractivity contribution in [2.24, 2.45) is 5.41 Å². The van der Waals surface area contributed by atoms with Crippen LogP contribution in [0.25, 0.3) is 0 Å². The number of carbonyl (C=O) groups is 1. The summed E-state index contributed by atoms with van der Waals surface area (Å²) in [7, 11) is 0. The fourth-order valence-electron chi connectivity index (χ4n) is 2.12. The Hall–Kier alpha value is -1.49. The summed E-state index contributed by atoms with van der Waals surface area (Å²) in [5.41, 5.74) is -0.677. The van der Waals surface area contributed by atoms with E-state index in [9.17, 15) is 13.6 Å². The third-order valence-electron chi connectivity index (χ3n) is 3.32. The van der Waals surface area contributed by atoms with Crippen molar-refractivity contribution in [1.29, 1.82) is 0 Å². The molecule has 1 saturated heterocycles. The van der Waals surface area contributed by atoms with Gasteiger partial charge in [-0.3, -0.25) is 4.79 Å². The number of carbonyl (C=O) groups excluding carboxylic acids is 1. The Balaban J connectivity index is 2.13. The Morgan fingerprint density at radius 1 is 1.44 bits per heavy atom. The summed E-state index contributed by atoms with van der Waals surface area (Å²) in [6.45, 7) is 3.26. The van der Waals surface area contributed by atoms with Gasteiger partial charge in [-0.25, -0.2) is 8.78 Å². The predicted molar refractivity (Wildman–Crippen MR) is 65.2 cm³/mol. The van der Waals surface area contributed by atoms with Gasteiger partial charge in [-0.2, -0.15) is 0 Å². The largest absolute Gasteiger partial charge is 0.323 e. The van der Waals surface area contributed by atoms with Gasteiger partial charge in [0.05, 0.1) is 11.1 Å². The number of amides is 1. The Bertz CT molecular complexity index is 456. The van der Waals surface area contributed by atoms with E-state index in [4.69, 9.17) is 0 Å². The van der Waals surface area contributed by atoms with Gasteiger partial charge in [0.25, 0.3) is 0 Å². The van der Waals surface area contributed by atoms with E-state index in [1.807, 2.05) is 6.92 Å². The van der Waals surface area contributed by atoms with Gasteiger partial charge in [0.2, 0.25) is 5.91 Å². The molecular formula is C13H16F2N2O. The summed E-state index contributed by atoms with van der Waals surface area (Å²) in [6.07, 6.45) is 1.64. The first kappa shape index (κ1) is 13.0. The van der Waals surface area contributed by atoms with Gasteiger partial charge >= 0.3 is 0 Å². The van der Waals surface area contributed by atoms with Gasteiger partial charge in [0.15, 0.2) is 0 Å². The fourth-order valence-corrected chi connectivity index (χ4v) is 2.12. The molecule has 0 bridgehead atoms. The highest BCUT2D eigenvalue weighted by Crippen LogP contribution is 2.28. The van der Waals surface area contributed by atoms with Gasteiger partial charge in [0, 0.05) is 12.6 Å². The third-order valence-corrected chi connectivity index (χ3v) is 3.32. The van der Waals surface area contributed by atoms with Crippen molar-refractivity contribution >= 4 is 11.6 Å². The van der Waals surface area contributed by atoms with Crippen LogP contribution in [0.4, 0.5) is 14.5 Å². The highest BCUT2D eigenvalue weighted by atomic mass is 19.1. The zero-order chi connectivity index (χ0) is 13.2. The second kappa shape index (κ2) is 5.02. The van der Waals surface area contributed by atoms with E-state index in [1.54, 1.807) is 0 Å². The quantitative estimate of drug-likeness (QED) is 0.850. The lowest BCUT2D eigenvalue weighted by Gasteiger charge is -2.32. The summed E-state index contributed by atoms with van der Waals surface area (Å²) in [6, 6.07) is 3.02. The minimum Gasteiger partial charge on any atom is -0.323 e. The number of anilines is 1. The normalized spacial score (nSPS) is 23.7. The molecule has 1 atom stereocenters. The third kappa shape index (κ3) is 2.67. The van der Waals surface area contributed by atoms with Crippen molar-refractivity contribution in [3.05, 3.63) is 29.8 Å². The predicted octanol–water partition coefficient (Wildman–Crippen LogP) is 2.29. The SMILES string of the molecule is CC1(C(=O)Nc2cc(F)ccc2F)CCCNC1. The molecule has 1 heterocycles. The molecule has 0 radical (unpaired) electrons. The van der Waals surface area contributed by atoms with Crippen LogP contribution in [0.1, 0.15) is 19.8 Å². The van der Waals surface area contributed by atoms with E-state index in [0.717, 1.165) is 37.6 Å². The molecule has 1 unspecified atom stereocenters. The lowest BCUT2D eigenvalue weighted by atomic mass is 9.82. The van der Waals surface area contributed by atoms with Gasteiger partial charge in [-0.1, -0.05) is 0 Å². The van der Waals surface area contributed by atoms with E-state index >= 15 is 0 Å². The Kier molecular flexibility index (Phi) is 3.61. The highest BCUT2D eigenvalue weighted by Gasteiger charge is 2.34. The average molecular weight is 254 g/mol. The van der Waals surface area contributed by atoms with E-state index < -0.39 is 17.0 Å². The summed E-state index contributed by atoms with van der Waals surface area (Å²) in [5, 5.41) is 5.61. The maximum Gasteiger partial charge on any atom is 0.231 e. The van der Waals surface area contributed by atoms with Crippen molar-refractivity contribution in [2.75, 3.05) is 18.4 Å². The summed E-state index contributed by atoms with van der Waals surface area (Å²) < 4.78 is 26.4. The molecule has 3 nitrogen and oxygen atoms in total. The van der Waals surface area contributed by atoms with Crippen LogP contribution < -0.4 is 10.6 Å². The zero-order valence-corrected chi connectivity index (χ0v) is 10.2. The molecule has 1 aromatic rings. The first-order chi connectivity index (χ1) is 8.51. The number of halogens is 2. The van der Waals surface area contributed by atoms with E-state index in [2.05, 4.69) is 10.6 Å². The molecule has 18 heavy (non-hydrogen) atoms. The topological polar surface area (TPSA) is 41.1 Å². The molecule has 2 N–H and O–H groups in total. The van der Waals surface area contributed by atoms with Gasteiger partial charge in [-0.15, -0.1) is 0 Å². The second-order valence-corrected chi connectivity index (χ2v) is 4.92. The number of piperidine rings is 1. The Labute approximate surface area is 105 Å². The fraction of sp³-hybridized carbons (Fsp3) is 0.462. The standard InChI is InChI=1S/C13H16F2N2O/c1-13(5-2-6-16-8-13)12(18)17-11-7-9(14)3-4-10(11)15/h3-4,7,16H,2,5-6,8H2,1H3,(H,17,18). The number of hydrogen-bond donors (Lipinski definition) is 2. The molecular weight excluding hydrogens is 238 g/mol. The van der Waals surface area contributed by atoms with Crippen LogP contribution in [0.3, 0.4) is 0 Å². The summed E-state index contributed by atoms with van der Waals surface area (Å²) >= 11 is 0. The molecule has 1 aliphatic rings. The molecule has 0 aliphatic carbocycles. The molecule has 98 valence electrons. The molecule has 1 fully saturated rings. The van der Waals surface area contributed by atoms with Gasteiger partial charge < -0.3 is 10.6 Å². The van der Waals surface area contributed by atoms with Gasteiger partial charge in [0.1, 0.15) is 11.6 Å². The van der Waals surface area contributed by atoms with Crippen molar-refractivity contribution < 1.29 is 13.6 Å². The average Bonchev–Trinajstić information content (AvgIpc) is 2.35. The molecule has 2 rings (SSSR count). The van der Waals surface area contributed by atoms with Crippen molar-refractivity contribution in [3.63, 3.8) is 0 Å². The summed E-state index contributed by atoms with van der Waals surface area (Å²) in [5.74, 6) is -1.48. The van der Waals surface area contributed by atoms with Crippen LogP contribution in [0.2, 0.25) is 0 Å². The highest BCUT2D eigenvalue weighted by molar-refractivity contribution is 5.95. The van der Waals surface area contributed by atoms with Crippen LogP contribution in [-0.2, 0) is 4.79 Å². The van der Waals surface area contributed by atoms with Crippen LogP contribution >= 0.6 is 0 Å². The summed E-state index contributed by atoms with van der Waals surface area (Å²) in [4.78, 5) is 12.1. The number of nitrogens with one attached hydrogen (secondary N) is 2. The van der Waals surface area contributed by atoms with Crippen LogP contribution in [0.5, 0.6) is 0 Å². The smallest absolute Gasteiger partial charge is 0.231 e. The maximum absolute atomic E-state index is 13.4. The molecule has 1 amide bonds. The van der Waals surface area contributed by atoms with E-state index in [-0.39, 0.29) is 11.6 Å². The first-order valence-corrected chi connectivity index (χ1v) is 5.98. The number of rotatable bonds is 2. The van der Waals surface area contributed by atoms with Crippen LogP contribution in [0.15, 0.2) is 18.2 Å². The van der Waals surface area contributed by atoms with E-state index in [1.165, 1.54) is 0 Å². The lowest BCUT2D eigenvalue weighted by molar-refractivity contribution is -0.125. The van der Waals surface area contributed by atoms with Gasteiger partial charge in [-0.05, 0) is 38.4 Å². The minimum absolute atomic E-state index is 0.105. The molecule has 5 heteroatoms. The number of benzene rings is 1. The molecule has 0 aromatic heterocycles. The molecule has 1 aliphatic heterocycles. The Morgan fingerprint density at radius 3 is 2.89 bits per heavy atom. The lowest BCUT2D eigenvalue weighted by Crippen LogP contribution is -2.46. The van der Waals surface area contributed by atoms with Crippen molar-refractivity contribution in [3.8, 4) is 0 Å². The Morgan fingerprint density at radius 2 is 2.22 bits per heavy atom. The molecule has 1 aromatic carbocycles. The first-order valence-electron chi connectivity index (χ1n) is 5.98. The number of hydrogen-bond acceptors (Lipinski definition) is 2. The zero-order valence-electron chi connectivity index (χ0n) is 10.2. The minimum atomic E-state index is -0.628. The van der Waals surface area contributed by atoms with Crippen molar-refractivity contribution in [2.45, 2.75) is 19.8 Å². The molecule has 0 saturated carbocycles. The van der Waals surface area contributed by atoms with Crippen LogP contribution in [0, 0.1) is 17.0 Å². The monoisotopic (exact) mass is 254 g/mol. The molecule has 0 spiro atoms. The maximum atomic E-state index is 13.4.